The maximum Gasteiger partial charge on any atom is 0.338 e. The Kier molecular flexibility index (Phi) is 12.6. The highest BCUT2D eigenvalue weighted by molar-refractivity contribution is 5.94. The van der Waals surface area contributed by atoms with Crippen LogP contribution in [0.2, 0.25) is 0 Å². The number of rotatable bonds is 5. The molecule has 1 saturated carbocycles. The van der Waals surface area contributed by atoms with E-state index in [4.69, 9.17) is 9.47 Å². The number of esters is 1. The van der Waals surface area contributed by atoms with Gasteiger partial charge < -0.3 is 20.1 Å². The molecular formula is C32H30N2O4. The van der Waals surface area contributed by atoms with Crippen molar-refractivity contribution in [3.05, 3.63) is 11.3 Å². The van der Waals surface area contributed by atoms with Gasteiger partial charge in [0.2, 0.25) is 0 Å². The third-order valence-electron chi connectivity index (χ3n) is 5.60. The molecule has 4 unspecified atom stereocenters. The topological polar surface area (TPSA) is 76.7 Å². The Morgan fingerprint density at radius 1 is 0.947 bits per heavy atom. The Hall–Kier alpha value is -4.64. The molecule has 4 atom stereocenters. The van der Waals surface area contributed by atoms with Gasteiger partial charge in [-0.1, -0.05) is 11.8 Å². The van der Waals surface area contributed by atoms with E-state index in [9.17, 15) is 9.59 Å². The number of allylic oxidation sites excluding steroid dienone is 1. The van der Waals surface area contributed by atoms with Crippen molar-refractivity contribution in [3.63, 3.8) is 0 Å². The van der Waals surface area contributed by atoms with Gasteiger partial charge >= 0.3 is 12.0 Å². The van der Waals surface area contributed by atoms with Crippen molar-refractivity contribution >= 4 is 12.0 Å². The average molecular weight is 507 g/mol. The van der Waals surface area contributed by atoms with Crippen LogP contribution >= 0.6 is 0 Å². The van der Waals surface area contributed by atoms with Crippen molar-refractivity contribution in [2.75, 3.05) is 6.61 Å². The van der Waals surface area contributed by atoms with Crippen LogP contribution in [0, 0.1) is 94.7 Å². The van der Waals surface area contributed by atoms with Crippen LogP contribution in [-0.4, -0.2) is 36.9 Å². The Morgan fingerprint density at radius 2 is 1.53 bits per heavy atom. The normalized spacial score (nSPS) is 20.9. The highest BCUT2D eigenvalue weighted by Crippen LogP contribution is 2.38. The summed E-state index contributed by atoms with van der Waals surface area (Å²) in [6.45, 7) is 9.41. The second kappa shape index (κ2) is 16.2. The number of hydrogen-bond acceptors (Lipinski definition) is 4. The number of hydrogen-bond donors (Lipinski definition) is 2. The molecule has 6 nitrogen and oxygen atoms in total. The molecule has 0 aromatic carbocycles. The molecule has 0 saturated heterocycles. The largest absolute Gasteiger partial charge is 0.460 e. The molecule has 2 amide bonds. The van der Waals surface area contributed by atoms with Crippen molar-refractivity contribution < 1.29 is 19.1 Å². The zero-order valence-corrected chi connectivity index (χ0v) is 22.3. The summed E-state index contributed by atoms with van der Waals surface area (Å²) in [5, 5.41) is 5.63. The van der Waals surface area contributed by atoms with Gasteiger partial charge in [-0.3, -0.25) is 0 Å². The number of amides is 2. The Bertz CT molecular complexity index is 1390. The van der Waals surface area contributed by atoms with Gasteiger partial charge in [-0.15, -0.1) is 0 Å². The smallest absolute Gasteiger partial charge is 0.338 e. The summed E-state index contributed by atoms with van der Waals surface area (Å²) in [4.78, 5) is 25.4. The molecule has 1 heterocycles. The predicted molar refractivity (Wildman–Crippen MR) is 146 cm³/mol. The first kappa shape index (κ1) is 29.6. The fourth-order valence-corrected chi connectivity index (χ4v) is 4.28. The van der Waals surface area contributed by atoms with Gasteiger partial charge in [0.15, 0.2) is 0 Å². The maximum absolute atomic E-state index is 13.0. The molecule has 0 aromatic heterocycles. The van der Waals surface area contributed by atoms with E-state index in [0.717, 1.165) is 19.3 Å². The molecule has 192 valence electrons. The summed E-state index contributed by atoms with van der Waals surface area (Å²) in [6, 6.07) is -0.974. The van der Waals surface area contributed by atoms with E-state index in [0.29, 0.717) is 17.9 Å². The molecule has 2 rings (SSSR count). The quantitative estimate of drug-likeness (QED) is 0.444. The SMILES string of the molecule is CC#CC#CC#CC#CC#CC#CC#CC1CCCC(OCC)C1C1NC(=O)NC(C)=C1C(=O)OC(C)C. The van der Waals surface area contributed by atoms with Crippen LogP contribution in [0.1, 0.15) is 53.9 Å². The van der Waals surface area contributed by atoms with Crippen LogP contribution in [0.25, 0.3) is 0 Å². The first-order chi connectivity index (χ1) is 18.4. The molecule has 0 radical (unpaired) electrons. The van der Waals surface area contributed by atoms with Gasteiger partial charge in [0.1, 0.15) is 0 Å². The lowest BCUT2D eigenvalue weighted by Gasteiger charge is -2.42. The molecule has 2 aliphatic rings. The van der Waals surface area contributed by atoms with Gasteiger partial charge in [-0.05, 0) is 125 Å². The van der Waals surface area contributed by atoms with Crippen molar-refractivity contribution in [3.8, 4) is 82.9 Å². The number of ether oxygens (including phenoxy) is 2. The fraction of sp³-hybridized carbons (Fsp3) is 0.438. The zero-order valence-electron chi connectivity index (χ0n) is 22.3. The van der Waals surface area contributed by atoms with Crippen molar-refractivity contribution in [2.24, 2.45) is 11.8 Å². The van der Waals surface area contributed by atoms with Crippen molar-refractivity contribution in [2.45, 2.75) is 72.1 Å². The van der Waals surface area contributed by atoms with E-state index < -0.39 is 12.0 Å². The van der Waals surface area contributed by atoms with Crippen molar-refractivity contribution in [1.29, 1.82) is 0 Å². The minimum Gasteiger partial charge on any atom is -0.460 e. The first-order valence-corrected chi connectivity index (χ1v) is 12.4. The summed E-state index contributed by atoms with van der Waals surface area (Å²) < 4.78 is 11.6. The Morgan fingerprint density at radius 3 is 2.08 bits per heavy atom. The Balaban J connectivity index is 2.28. The van der Waals surface area contributed by atoms with E-state index in [1.165, 1.54) is 0 Å². The fourth-order valence-electron chi connectivity index (χ4n) is 4.28. The third-order valence-corrected chi connectivity index (χ3v) is 5.60. The molecule has 1 aliphatic carbocycles. The molecule has 0 aromatic rings. The summed E-state index contributed by atoms with van der Waals surface area (Å²) >= 11 is 0. The lowest BCUT2D eigenvalue weighted by atomic mass is 9.71. The van der Waals surface area contributed by atoms with Crippen LogP contribution in [0.15, 0.2) is 11.3 Å². The summed E-state index contributed by atoms with van der Waals surface area (Å²) in [5.74, 6) is 36.4. The van der Waals surface area contributed by atoms with E-state index in [1.807, 2.05) is 6.92 Å². The second-order valence-corrected chi connectivity index (χ2v) is 8.57. The van der Waals surface area contributed by atoms with Crippen LogP contribution in [0.3, 0.4) is 0 Å². The van der Waals surface area contributed by atoms with E-state index in [-0.39, 0.29) is 30.1 Å². The van der Waals surface area contributed by atoms with Crippen LogP contribution in [0.5, 0.6) is 0 Å². The number of carbonyl (C=O) groups is 2. The Labute approximate surface area is 226 Å². The first-order valence-electron chi connectivity index (χ1n) is 12.4. The van der Waals surface area contributed by atoms with E-state index in [2.05, 4.69) is 93.5 Å². The number of nitrogens with one attached hydrogen (secondary N) is 2. The van der Waals surface area contributed by atoms with E-state index in [1.54, 1.807) is 27.7 Å². The van der Waals surface area contributed by atoms with E-state index >= 15 is 0 Å². The van der Waals surface area contributed by atoms with Crippen LogP contribution < -0.4 is 10.6 Å². The minimum atomic E-state index is -0.603. The highest BCUT2D eigenvalue weighted by atomic mass is 16.5. The molecule has 6 heteroatoms. The van der Waals surface area contributed by atoms with Crippen LogP contribution in [0.4, 0.5) is 4.79 Å². The number of urea groups is 1. The molecule has 38 heavy (non-hydrogen) atoms. The van der Waals surface area contributed by atoms with Crippen LogP contribution in [-0.2, 0) is 14.3 Å². The lowest BCUT2D eigenvalue weighted by Crippen LogP contribution is -2.57. The number of carbonyl (C=O) groups excluding carboxylic acids is 2. The summed E-state index contributed by atoms with van der Waals surface area (Å²) in [6.07, 6.45) is 2.02. The van der Waals surface area contributed by atoms with Gasteiger partial charge in [-0.2, -0.15) is 0 Å². The molecule has 2 N–H and O–H groups in total. The summed E-state index contributed by atoms with van der Waals surface area (Å²) in [5.41, 5.74) is 0.865. The average Bonchev–Trinajstić information content (AvgIpc) is 2.86. The standard InChI is InChI=1S/C32H30N2O4/c1-6-8-9-10-11-12-13-14-15-16-17-18-19-21-26-22-20-23-27(37-7-2)29(26)30-28(31(35)38-24(3)4)25(5)33-32(36)34-30/h24,26-27,29-30H,7,20,22-23H2,1-5H3,(H2,33,34,36). The molecule has 1 aliphatic heterocycles. The van der Waals surface area contributed by atoms with Crippen molar-refractivity contribution in [1.82, 2.24) is 10.6 Å². The predicted octanol–water partition coefficient (Wildman–Crippen LogP) is 2.76. The zero-order chi connectivity index (χ0) is 27.8. The minimum absolute atomic E-state index is 0.158. The molecular weight excluding hydrogens is 476 g/mol. The molecule has 1 fully saturated rings. The van der Waals surface area contributed by atoms with Gasteiger partial charge in [0, 0.05) is 24.1 Å². The lowest BCUT2D eigenvalue weighted by molar-refractivity contribution is -0.143. The van der Waals surface area contributed by atoms with Gasteiger partial charge in [0.25, 0.3) is 0 Å². The maximum atomic E-state index is 13.0. The second-order valence-electron chi connectivity index (χ2n) is 8.57. The monoisotopic (exact) mass is 506 g/mol. The highest BCUT2D eigenvalue weighted by Gasteiger charge is 2.45. The summed E-state index contributed by atoms with van der Waals surface area (Å²) in [7, 11) is 0. The van der Waals surface area contributed by atoms with Gasteiger partial charge in [0.05, 0.1) is 23.8 Å². The molecule has 0 bridgehead atoms. The van der Waals surface area contributed by atoms with Gasteiger partial charge in [-0.25, -0.2) is 9.59 Å². The molecule has 0 spiro atoms. The third kappa shape index (κ3) is 9.43.